The van der Waals surface area contributed by atoms with E-state index in [9.17, 15) is 9.59 Å². The minimum Gasteiger partial charge on any atom is -0.478 e. The van der Waals surface area contributed by atoms with E-state index in [0.29, 0.717) is 11.4 Å². The molecule has 0 aromatic carbocycles. The van der Waals surface area contributed by atoms with Crippen LogP contribution in [-0.4, -0.2) is 32.1 Å². The number of rotatable bonds is 3. The molecular weight excluding hydrogens is 272 g/mol. The smallest absolute Gasteiger partial charge is 0.335 e. The third kappa shape index (κ3) is 4.68. The summed E-state index contributed by atoms with van der Waals surface area (Å²) in [5.74, 6) is -2.15. The molecule has 0 spiro atoms. The first-order valence-electron chi connectivity index (χ1n) is 6.38. The molecule has 6 nitrogen and oxygen atoms in total. The molecule has 0 unspecified atom stereocenters. The van der Waals surface area contributed by atoms with E-state index in [1.54, 1.807) is 0 Å². The van der Waals surface area contributed by atoms with Gasteiger partial charge >= 0.3 is 11.9 Å². The summed E-state index contributed by atoms with van der Waals surface area (Å²) < 4.78 is 0. The summed E-state index contributed by atoms with van der Waals surface area (Å²) in [6.45, 7) is 4.25. The molecule has 0 saturated heterocycles. The van der Waals surface area contributed by atoms with Crippen LogP contribution in [0.25, 0.3) is 11.4 Å². The molecular formula is C15H16N2O4. The Morgan fingerprint density at radius 1 is 0.905 bits per heavy atom. The molecule has 6 heteroatoms. The summed E-state index contributed by atoms with van der Waals surface area (Å²) in [6.07, 6.45) is 3.93. The third-order valence-corrected chi connectivity index (χ3v) is 2.28. The van der Waals surface area contributed by atoms with Gasteiger partial charge < -0.3 is 10.2 Å². The maximum Gasteiger partial charge on any atom is 0.335 e. The van der Waals surface area contributed by atoms with E-state index < -0.39 is 11.9 Å². The van der Waals surface area contributed by atoms with Gasteiger partial charge in [-0.2, -0.15) is 0 Å². The number of hydrogen-bond donors (Lipinski definition) is 2. The monoisotopic (exact) mass is 288 g/mol. The van der Waals surface area contributed by atoms with Gasteiger partial charge in [0.1, 0.15) is 0 Å². The normalized spacial score (nSPS) is 9.43. The number of aromatic carboxylic acids is 2. The van der Waals surface area contributed by atoms with Gasteiger partial charge in [0.05, 0.1) is 22.5 Å². The molecule has 2 N–H and O–H groups in total. The first kappa shape index (κ1) is 16.3. The second kappa shape index (κ2) is 7.74. The van der Waals surface area contributed by atoms with Crippen LogP contribution >= 0.6 is 0 Å². The highest BCUT2D eigenvalue weighted by Gasteiger charge is 2.09. The highest BCUT2D eigenvalue weighted by Crippen LogP contribution is 2.16. The molecule has 2 aromatic heterocycles. The maximum atomic E-state index is 10.8. The van der Waals surface area contributed by atoms with Crippen molar-refractivity contribution < 1.29 is 19.8 Å². The van der Waals surface area contributed by atoms with Crippen molar-refractivity contribution in [1.82, 2.24) is 9.97 Å². The molecule has 2 aromatic rings. The standard InChI is InChI=1S/C12H8N2O4.C3H8/c15-11(16)7-1-3-13-9(5-7)10-6-8(12(17)18)2-4-14-10;1-3-2/h1-6H,(H,15,16)(H,17,18);3H2,1-2H3. The molecule has 0 radical (unpaired) electrons. The van der Waals surface area contributed by atoms with E-state index in [2.05, 4.69) is 23.8 Å². The summed E-state index contributed by atoms with van der Waals surface area (Å²) in [5.41, 5.74) is 0.779. The number of carboxylic acid groups (broad SMARTS) is 2. The Morgan fingerprint density at radius 2 is 1.24 bits per heavy atom. The predicted octanol–water partition coefficient (Wildman–Crippen LogP) is 2.96. The average Bonchev–Trinajstić information content (AvgIpc) is 2.48. The number of hydrogen-bond acceptors (Lipinski definition) is 4. The van der Waals surface area contributed by atoms with Crippen LogP contribution < -0.4 is 0 Å². The minimum atomic E-state index is -1.08. The molecule has 0 aliphatic heterocycles. The lowest BCUT2D eigenvalue weighted by atomic mass is 10.1. The van der Waals surface area contributed by atoms with Crippen molar-refractivity contribution in [3.8, 4) is 11.4 Å². The molecule has 0 fully saturated rings. The number of aromatic nitrogens is 2. The van der Waals surface area contributed by atoms with Gasteiger partial charge in [-0.3, -0.25) is 9.97 Å². The Balaban J connectivity index is 0.000000677. The lowest BCUT2D eigenvalue weighted by molar-refractivity contribution is 0.0686. The predicted molar refractivity (Wildman–Crippen MR) is 77.4 cm³/mol. The van der Waals surface area contributed by atoms with E-state index in [0.717, 1.165) is 0 Å². The van der Waals surface area contributed by atoms with E-state index in [-0.39, 0.29) is 11.1 Å². The molecule has 2 heterocycles. The Labute approximate surface area is 122 Å². The zero-order valence-corrected chi connectivity index (χ0v) is 11.8. The van der Waals surface area contributed by atoms with Crippen LogP contribution in [0.4, 0.5) is 0 Å². The molecule has 110 valence electrons. The van der Waals surface area contributed by atoms with E-state index in [1.165, 1.54) is 43.1 Å². The van der Waals surface area contributed by atoms with Crippen molar-refractivity contribution in [3.63, 3.8) is 0 Å². The summed E-state index contributed by atoms with van der Waals surface area (Å²) >= 11 is 0. The van der Waals surface area contributed by atoms with Crippen LogP contribution in [0.3, 0.4) is 0 Å². The Hall–Kier alpha value is -2.76. The van der Waals surface area contributed by atoms with Gasteiger partial charge in [-0.05, 0) is 24.3 Å². The maximum absolute atomic E-state index is 10.8. The fraction of sp³-hybridized carbons (Fsp3) is 0.200. The molecule has 21 heavy (non-hydrogen) atoms. The summed E-state index contributed by atoms with van der Waals surface area (Å²) in [4.78, 5) is 29.6. The number of pyridine rings is 2. The third-order valence-electron chi connectivity index (χ3n) is 2.28. The van der Waals surface area contributed by atoms with Gasteiger partial charge in [0, 0.05) is 12.4 Å². The zero-order valence-electron chi connectivity index (χ0n) is 11.8. The van der Waals surface area contributed by atoms with E-state index >= 15 is 0 Å². The van der Waals surface area contributed by atoms with E-state index in [1.807, 2.05) is 0 Å². The Morgan fingerprint density at radius 3 is 1.52 bits per heavy atom. The van der Waals surface area contributed by atoms with Crippen LogP contribution in [0.5, 0.6) is 0 Å². The zero-order chi connectivity index (χ0) is 15.8. The van der Waals surface area contributed by atoms with Crippen LogP contribution in [0.15, 0.2) is 36.7 Å². The largest absolute Gasteiger partial charge is 0.478 e. The fourth-order valence-corrected chi connectivity index (χ4v) is 1.41. The van der Waals surface area contributed by atoms with Crippen molar-refractivity contribution in [3.05, 3.63) is 47.8 Å². The van der Waals surface area contributed by atoms with Crippen LogP contribution in [0.1, 0.15) is 41.0 Å². The van der Waals surface area contributed by atoms with Crippen molar-refractivity contribution in [2.24, 2.45) is 0 Å². The highest BCUT2D eigenvalue weighted by molar-refractivity contribution is 5.90. The Bertz CT molecular complexity index is 586. The molecule has 0 atom stereocenters. The second-order valence-corrected chi connectivity index (χ2v) is 4.18. The van der Waals surface area contributed by atoms with Gasteiger partial charge in [0.2, 0.25) is 0 Å². The lowest BCUT2D eigenvalue weighted by Crippen LogP contribution is -2.00. The van der Waals surface area contributed by atoms with Gasteiger partial charge in [0.25, 0.3) is 0 Å². The van der Waals surface area contributed by atoms with Gasteiger partial charge in [-0.15, -0.1) is 0 Å². The average molecular weight is 288 g/mol. The first-order valence-corrected chi connectivity index (χ1v) is 6.38. The van der Waals surface area contributed by atoms with Crippen molar-refractivity contribution in [2.45, 2.75) is 20.3 Å². The first-order chi connectivity index (χ1) is 9.99. The van der Waals surface area contributed by atoms with Crippen LogP contribution in [0.2, 0.25) is 0 Å². The fourth-order valence-electron chi connectivity index (χ4n) is 1.41. The van der Waals surface area contributed by atoms with Crippen molar-refractivity contribution in [2.75, 3.05) is 0 Å². The quantitative estimate of drug-likeness (QED) is 0.900. The minimum absolute atomic E-state index is 0.0718. The SMILES string of the molecule is CCC.O=C(O)c1ccnc(-c2cc(C(=O)O)ccn2)c1. The second-order valence-electron chi connectivity index (χ2n) is 4.18. The van der Waals surface area contributed by atoms with Crippen molar-refractivity contribution in [1.29, 1.82) is 0 Å². The molecule has 0 aliphatic carbocycles. The van der Waals surface area contributed by atoms with E-state index in [4.69, 9.17) is 10.2 Å². The molecule has 0 saturated carbocycles. The van der Waals surface area contributed by atoms with Gasteiger partial charge in [-0.25, -0.2) is 9.59 Å². The number of carbonyl (C=O) groups is 2. The Kier molecular flexibility index (Phi) is 6.00. The van der Waals surface area contributed by atoms with Crippen molar-refractivity contribution >= 4 is 11.9 Å². The number of carboxylic acids is 2. The van der Waals surface area contributed by atoms with Crippen LogP contribution in [-0.2, 0) is 0 Å². The van der Waals surface area contributed by atoms with Crippen LogP contribution in [0, 0.1) is 0 Å². The lowest BCUT2D eigenvalue weighted by Gasteiger charge is -2.02. The molecule has 0 bridgehead atoms. The number of nitrogens with zero attached hydrogens (tertiary/aromatic N) is 2. The summed E-state index contributed by atoms with van der Waals surface area (Å²) in [5, 5.41) is 17.7. The van der Waals surface area contributed by atoms with Gasteiger partial charge in [-0.1, -0.05) is 20.3 Å². The van der Waals surface area contributed by atoms with Gasteiger partial charge in [0.15, 0.2) is 0 Å². The molecule has 2 rings (SSSR count). The molecule has 0 amide bonds. The topological polar surface area (TPSA) is 100 Å². The highest BCUT2D eigenvalue weighted by atomic mass is 16.4. The molecule has 0 aliphatic rings. The summed E-state index contributed by atoms with van der Waals surface area (Å²) in [6, 6.07) is 5.40. The summed E-state index contributed by atoms with van der Waals surface area (Å²) in [7, 11) is 0.